The van der Waals surface area contributed by atoms with Crippen LogP contribution in [0.1, 0.15) is 13.3 Å². The van der Waals surface area contributed by atoms with Gasteiger partial charge in [0, 0.05) is 26.1 Å². The van der Waals surface area contributed by atoms with Crippen molar-refractivity contribution in [1.29, 1.82) is 0 Å². The Morgan fingerprint density at radius 2 is 2.36 bits per heavy atom. The number of hydrogen-bond donors (Lipinski definition) is 3. The molecule has 0 spiro atoms. The fourth-order valence-electron chi connectivity index (χ4n) is 1.46. The quantitative estimate of drug-likeness (QED) is 0.278. The van der Waals surface area contributed by atoms with Crippen LogP contribution in [0.5, 0.6) is 0 Å². The number of amides is 2. The largest absolute Gasteiger partial charge is 0.355 e. The zero-order valence-corrected chi connectivity index (χ0v) is 8.25. The van der Waals surface area contributed by atoms with Gasteiger partial charge in [-0.2, -0.15) is 0 Å². The van der Waals surface area contributed by atoms with Crippen molar-refractivity contribution in [3.63, 3.8) is 0 Å². The summed E-state index contributed by atoms with van der Waals surface area (Å²) in [6, 6.07) is -0.285. The van der Waals surface area contributed by atoms with Crippen molar-refractivity contribution in [3.05, 3.63) is 0 Å². The van der Waals surface area contributed by atoms with Crippen molar-refractivity contribution in [1.82, 2.24) is 15.6 Å². The molecule has 2 amide bonds. The lowest BCUT2D eigenvalue weighted by Gasteiger charge is -2.24. The first kappa shape index (κ1) is 10.9. The summed E-state index contributed by atoms with van der Waals surface area (Å²) in [5.74, 6) is 4.85. The Bertz CT molecular complexity index is 231. The molecule has 1 aliphatic heterocycles. The first-order chi connectivity index (χ1) is 6.65. The summed E-state index contributed by atoms with van der Waals surface area (Å²) >= 11 is 0. The van der Waals surface area contributed by atoms with E-state index in [9.17, 15) is 9.59 Å². The third-order valence-corrected chi connectivity index (χ3v) is 2.42. The fourth-order valence-corrected chi connectivity index (χ4v) is 1.46. The Labute approximate surface area is 82.8 Å². The van der Waals surface area contributed by atoms with E-state index in [0.717, 1.165) is 0 Å². The van der Waals surface area contributed by atoms with Gasteiger partial charge >= 0.3 is 0 Å². The van der Waals surface area contributed by atoms with Crippen LogP contribution in [-0.4, -0.2) is 42.4 Å². The first-order valence-corrected chi connectivity index (χ1v) is 4.66. The number of nitrogens with two attached hydrogens (primary N) is 1. The first-order valence-electron chi connectivity index (χ1n) is 4.66. The van der Waals surface area contributed by atoms with Gasteiger partial charge in [0.2, 0.25) is 5.91 Å². The lowest BCUT2D eigenvalue weighted by atomic mass is 10.2. The van der Waals surface area contributed by atoms with E-state index < -0.39 is 0 Å². The van der Waals surface area contributed by atoms with Gasteiger partial charge in [0.1, 0.15) is 0 Å². The van der Waals surface area contributed by atoms with E-state index in [0.29, 0.717) is 26.1 Å². The number of nitrogens with one attached hydrogen (secondary N) is 2. The molecular formula is C8H16N4O2. The predicted molar refractivity (Wildman–Crippen MR) is 51.0 cm³/mol. The minimum absolute atomic E-state index is 0.0351. The van der Waals surface area contributed by atoms with Crippen LogP contribution in [0.3, 0.4) is 0 Å². The van der Waals surface area contributed by atoms with Gasteiger partial charge in [-0.15, -0.1) is 0 Å². The molecule has 0 aromatic rings. The van der Waals surface area contributed by atoms with Crippen molar-refractivity contribution in [2.75, 3.05) is 19.6 Å². The molecular weight excluding hydrogens is 184 g/mol. The molecule has 1 atom stereocenters. The molecule has 6 heteroatoms. The highest BCUT2D eigenvalue weighted by Crippen LogP contribution is 2.02. The predicted octanol–water partition coefficient (Wildman–Crippen LogP) is -1.81. The highest BCUT2D eigenvalue weighted by molar-refractivity contribution is 5.81. The number of hydrazine groups is 1. The van der Waals surface area contributed by atoms with Crippen molar-refractivity contribution in [2.24, 2.45) is 5.84 Å². The standard InChI is InChI=1S/C8H16N4O2/c1-6(8(14)11-9)12-4-2-7(13)10-3-5-12/h6H,2-5,9H2,1H3,(H,10,13)(H,11,14). The monoisotopic (exact) mass is 200 g/mol. The van der Waals surface area contributed by atoms with Gasteiger partial charge < -0.3 is 5.32 Å². The third kappa shape index (κ3) is 2.68. The normalized spacial score (nSPS) is 20.9. The number of hydrogen-bond acceptors (Lipinski definition) is 4. The molecule has 0 bridgehead atoms. The topological polar surface area (TPSA) is 87.5 Å². The Morgan fingerprint density at radius 1 is 1.64 bits per heavy atom. The molecule has 1 aliphatic rings. The molecule has 1 rings (SSSR count). The summed E-state index contributed by atoms with van der Waals surface area (Å²) in [5, 5.41) is 2.74. The maximum Gasteiger partial charge on any atom is 0.250 e. The Kier molecular flexibility index (Phi) is 3.84. The Morgan fingerprint density at radius 3 is 3.00 bits per heavy atom. The van der Waals surface area contributed by atoms with Crippen molar-refractivity contribution in [2.45, 2.75) is 19.4 Å². The van der Waals surface area contributed by atoms with E-state index >= 15 is 0 Å². The second-order valence-corrected chi connectivity index (χ2v) is 3.32. The average molecular weight is 200 g/mol. The van der Waals surface area contributed by atoms with Crippen LogP contribution in [-0.2, 0) is 9.59 Å². The van der Waals surface area contributed by atoms with Crippen molar-refractivity contribution >= 4 is 11.8 Å². The molecule has 0 aliphatic carbocycles. The van der Waals surface area contributed by atoms with Crippen LogP contribution in [0, 0.1) is 0 Å². The summed E-state index contributed by atoms with van der Waals surface area (Å²) in [4.78, 5) is 24.2. The van der Waals surface area contributed by atoms with Crippen LogP contribution in [0.4, 0.5) is 0 Å². The second-order valence-electron chi connectivity index (χ2n) is 3.32. The maximum absolute atomic E-state index is 11.2. The zero-order chi connectivity index (χ0) is 10.6. The molecule has 0 radical (unpaired) electrons. The second kappa shape index (κ2) is 4.92. The van der Waals surface area contributed by atoms with Crippen molar-refractivity contribution in [3.8, 4) is 0 Å². The summed E-state index contributed by atoms with van der Waals surface area (Å²) in [6.07, 6.45) is 0.433. The minimum Gasteiger partial charge on any atom is -0.355 e. The van der Waals surface area contributed by atoms with Gasteiger partial charge in [-0.25, -0.2) is 5.84 Å². The summed E-state index contributed by atoms with van der Waals surface area (Å²) in [5.41, 5.74) is 2.11. The van der Waals surface area contributed by atoms with Gasteiger partial charge in [-0.1, -0.05) is 0 Å². The highest BCUT2D eigenvalue weighted by Gasteiger charge is 2.22. The third-order valence-electron chi connectivity index (χ3n) is 2.42. The van der Waals surface area contributed by atoms with Gasteiger partial charge in [-0.05, 0) is 6.92 Å². The van der Waals surface area contributed by atoms with Gasteiger partial charge in [0.05, 0.1) is 6.04 Å². The summed E-state index contributed by atoms with van der Waals surface area (Å²) < 4.78 is 0. The maximum atomic E-state index is 11.2. The molecule has 80 valence electrons. The van der Waals surface area contributed by atoms with E-state index in [4.69, 9.17) is 5.84 Å². The van der Waals surface area contributed by atoms with Gasteiger partial charge in [-0.3, -0.25) is 19.9 Å². The van der Waals surface area contributed by atoms with Crippen LogP contribution >= 0.6 is 0 Å². The summed E-state index contributed by atoms with van der Waals surface area (Å²) in [7, 11) is 0. The number of carbonyl (C=O) groups is 2. The SMILES string of the molecule is CC(C(=O)NN)N1CCNC(=O)CC1. The zero-order valence-electron chi connectivity index (χ0n) is 8.25. The smallest absolute Gasteiger partial charge is 0.250 e. The number of rotatable bonds is 2. The van der Waals surface area contributed by atoms with E-state index in [2.05, 4.69) is 10.7 Å². The Hall–Kier alpha value is -1.14. The van der Waals surface area contributed by atoms with Crippen LogP contribution in [0.2, 0.25) is 0 Å². The lowest BCUT2D eigenvalue weighted by molar-refractivity contribution is -0.126. The Balaban J connectivity index is 2.50. The summed E-state index contributed by atoms with van der Waals surface area (Å²) in [6.45, 7) is 3.64. The minimum atomic E-state index is -0.285. The van der Waals surface area contributed by atoms with E-state index in [-0.39, 0.29) is 17.9 Å². The molecule has 4 N–H and O–H groups in total. The molecule has 14 heavy (non-hydrogen) atoms. The molecule has 6 nitrogen and oxygen atoms in total. The van der Waals surface area contributed by atoms with Gasteiger partial charge in [0.25, 0.3) is 5.91 Å². The fraction of sp³-hybridized carbons (Fsp3) is 0.750. The van der Waals surface area contributed by atoms with E-state index in [1.807, 2.05) is 4.90 Å². The highest BCUT2D eigenvalue weighted by atomic mass is 16.2. The van der Waals surface area contributed by atoms with E-state index in [1.54, 1.807) is 6.92 Å². The van der Waals surface area contributed by atoms with Crippen molar-refractivity contribution < 1.29 is 9.59 Å². The molecule has 1 saturated heterocycles. The number of carbonyl (C=O) groups excluding carboxylic acids is 2. The number of nitrogens with zero attached hydrogens (tertiary/aromatic N) is 1. The van der Waals surface area contributed by atoms with Crippen LogP contribution in [0.25, 0.3) is 0 Å². The average Bonchev–Trinajstić information content (AvgIpc) is 2.40. The molecule has 0 aromatic carbocycles. The van der Waals surface area contributed by atoms with Crippen LogP contribution in [0.15, 0.2) is 0 Å². The van der Waals surface area contributed by atoms with Gasteiger partial charge in [0.15, 0.2) is 0 Å². The molecule has 0 aromatic heterocycles. The van der Waals surface area contributed by atoms with Crippen LogP contribution < -0.4 is 16.6 Å². The molecule has 1 fully saturated rings. The van der Waals surface area contributed by atoms with E-state index in [1.165, 1.54) is 0 Å². The molecule has 1 heterocycles. The molecule has 1 unspecified atom stereocenters. The molecule has 0 saturated carbocycles. The lowest BCUT2D eigenvalue weighted by Crippen LogP contribution is -2.48.